The lowest BCUT2D eigenvalue weighted by atomic mass is 10.0. The lowest BCUT2D eigenvalue weighted by Crippen LogP contribution is -2.47. The van der Waals surface area contributed by atoms with Crippen LogP contribution in [0.2, 0.25) is 0 Å². The van der Waals surface area contributed by atoms with E-state index in [1.807, 2.05) is 18.2 Å². The molecular weight excluding hydrogens is 319 g/mol. The Labute approximate surface area is 147 Å². The fraction of sp³-hybridized carbons (Fsp3) is 0.350. The van der Waals surface area contributed by atoms with E-state index in [0.717, 1.165) is 31.5 Å². The molecule has 3 rings (SSSR count). The summed E-state index contributed by atoms with van der Waals surface area (Å²) in [6, 6.07) is 15.5. The second-order valence-corrected chi connectivity index (χ2v) is 6.47. The second kappa shape index (κ2) is 8.12. The third-order valence-electron chi connectivity index (χ3n) is 4.58. The summed E-state index contributed by atoms with van der Waals surface area (Å²) in [7, 11) is 2.09. The molecule has 1 saturated heterocycles. The molecule has 0 N–H and O–H groups in total. The first-order chi connectivity index (χ1) is 12.1. The molecule has 5 heteroatoms. The van der Waals surface area contributed by atoms with Crippen LogP contribution in [0.4, 0.5) is 9.18 Å². The van der Waals surface area contributed by atoms with Gasteiger partial charge in [-0.25, -0.2) is 9.18 Å². The number of hydrogen-bond acceptors (Lipinski definition) is 3. The van der Waals surface area contributed by atoms with Crippen molar-refractivity contribution >= 4 is 6.09 Å². The van der Waals surface area contributed by atoms with Gasteiger partial charge in [0.2, 0.25) is 0 Å². The molecule has 25 heavy (non-hydrogen) atoms. The SMILES string of the molecule is CN1CCC(N(Cc2ccc(F)cc2)C(=O)Oc2ccccc2)CC1. The topological polar surface area (TPSA) is 32.8 Å². The molecule has 0 unspecified atom stereocenters. The van der Waals surface area contributed by atoms with Gasteiger partial charge >= 0.3 is 6.09 Å². The van der Waals surface area contributed by atoms with Gasteiger partial charge in [0.25, 0.3) is 0 Å². The molecule has 4 nitrogen and oxygen atoms in total. The van der Waals surface area contributed by atoms with Gasteiger partial charge in [-0.2, -0.15) is 0 Å². The van der Waals surface area contributed by atoms with E-state index in [-0.39, 0.29) is 18.0 Å². The molecule has 0 atom stereocenters. The van der Waals surface area contributed by atoms with Crippen molar-refractivity contribution in [1.29, 1.82) is 0 Å². The molecule has 132 valence electrons. The number of piperidine rings is 1. The van der Waals surface area contributed by atoms with Gasteiger partial charge in [0, 0.05) is 12.6 Å². The summed E-state index contributed by atoms with van der Waals surface area (Å²) in [5, 5.41) is 0. The molecule has 0 saturated carbocycles. The highest BCUT2D eigenvalue weighted by molar-refractivity contribution is 5.71. The number of benzene rings is 2. The van der Waals surface area contributed by atoms with Crippen LogP contribution in [0.3, 0.4) is 0 Å². The van der Waals surface area contributed by atoms with E-state index >= 15 is 0 Å². The van der Waals surface area contributed by atoms with Gasteiger partial charge in [0.15, 0.2) is 0 Å². The summed E-state index contributed by atoms with van der Waals surface area (Å²) in [6.45, 7) is 2.31. The number of amides is 1. The van der Waals surface area contributed by atoms with Crippen molar-refractivity contribution in [3.8, 4) is 5.75 Å². The summed E-state index contributed by atoms with van der Waals surface area (Å²) < 4.78 is 18.7. The van der Waals surface area contributed by atoms with E-state index < -0.39 is 0 Å². The standard InChI is InChI=1S/C20H23FN2O2/c1-22-13-11-18(12-14-22)23(15-16-7-9-17(21)10-8-16)20(24)25-19-5-3-2-4-6-19/h2-10,18H,11-15H2,1H3. The summed E-state index contributed by atoms with van der Waals surface area (Å²) in [4.78, 5) is 16.8. The number of likely N-dealkylation sites (tertiary alicyclic amines) is 1. The van der Waals surface area contributed by atoms with Crippen LogP contribution in [0.5, 0.6) is 5.75 Å². The number of rotatable bonds is 4. The van der Waals surface area contributed by atoms with E-state index in [0.29, 0.717) is 12.3 Å². The van der Waals surface area contributed by atoms with Gasteiger partial charge in [-0.3, -0.25) is 0 Å². The zero-order valence-corrected chi connectivity index (χ0v) is 14.4. The predicted octanol–water partition coefficient (Wildman–Crippen LogP) is 3.92. The largest absolute Gasteiger partial charge is 0.415 e. The van der Waals surface area contributed by atoms with Crippen LogP contribution in [0.15, 0.2) is 54.6 Å². The molecule has 1 heterocycles. The molecule has 1 aliphatic heterocycles. The van der Waals surface area contributed by atoms with Crippen molar-refractivity contribution in [3.05, 3.63) is 66.0 Å². The minimum Gasteiger partial charge on any atom is -0.410 e. The van der Waals surface area contributed by atoms with Gasteiger partial charge in [0.1, 0.15) is 11.6 Å². The van der Waals surface area contributed by atoms with Crippen LogP contribution in [0.1, 0.15) is 18.4 Å². The predicted molar refractivity (Wildman–Crippen MR) is 94.9 cm³/mol. The first-order valence-corrected chi connectivity index (χ1v) is 8.58. The number of para-hydroxylation sites is 1. The number of hydrogen-bond donors (Lipinski definition) is 0. The lowest BCUT2D eigenvalue weighted by molar-refractivity contribution is 0.0979. The summed E-state index contributed by atoms with van der Waals surface area (Å²) in [6.07, 6.45) is 1.45. The third kappa shape index (κ3) is 4.79. The molecule has 2 aromatic rings. The van der Waals surface area contributed by atoms with E-state index in [4.69, 9.17) is 4.74 Å². The smallest absolute Gasteiger partial charge is 0.410 e. The first-order valence-electron chi connectivity index (χ1n) is 8.58. The number of carbonyl (C=O) groups excluding carboxylic acids is 1. The Hall–Kier alpha value is -2.40. The third-order valence-corrected chi connectivity index (χ3v) is 4.58. The van der Waals surface area contributed by atoms with E-state index in [9.17, 15) is 9.18 Å². The Balaban J connectivity index is 1.75. The minimum absolute atomic E-state index is 0.123. The van der Waals surface area contributed by atoms with E-state index in [1.165, 1.54) is 12.1 Å². The Kier molecular flexibility index (Phi) is 5.66. The summed E-state index contributed by atoms with van der Waals surface area (Å²) in [5.41, 5.74) is 0.894. The molecule has 2 aromatic carbocycles. The fourth-order valence-electron chi connectivity index (χ4n) is 3.08. The highest BCUT2D eigenvalue weighted by atomic mass is 19.1. The highest BCUT2D eigenvalue weighted by Crippen LogP contribution is 2.21. The van der Waals surface area contributed by atoms with Crippen LogP contribution in [-0.2, 0) is 6.54 Å². The average Bonchev–Trinajstić information content (AvgIpc) is 2.63. The van der Waals surface area contributed by atoms with Crippen molar-refractivity contribution < 1.29 is 13.9 Å². The second-order valence-electron chi connectivity index (χ2n) is 6.47. The van der Waals surface area contributed by atoms with Crippen LogP contribution >= 0.6 is 0 Å². The maximum Gasteiger partial charge on any atom is 0.415 e. The monoisotopic (exact) mass is 342 g/mol. The fourth-order valence-corrected chi connectivity index (χ4v) is 3.08. The lowest BCUT2D eigenvalue weighted by Gasteiger charge is -2.36. The molecule has 0 radical (unpaired) electrons. The van der Waals surface area contributed by atoms with Crippen molar-refractivity contribution in [2.45, 2.75) is 25.4 Å². The van der Waals surface area contributed by atoms with Crippen molar-refractivity contribution in [2.24, 2.45) is 0 Å². The normalized spacial score (nSPS) is 15.8. The van der Waals surface area contributed by atoms with Crippen molar-refractivity contribution in [2.75, 3.05) is 20.1 Å². The Morgan fingerprint density at radius 2 is 1.76 bits per heavy atom. The molecule has 0 bridgehead atoms. The number of carbonyl (C=O) groups is 1. The summed E-state index contributed by atoms with van der Waals surface area (Å²) >= 11 is 0. The Bertz CT molecular complexity index is 683. The van der Waals surface area contributed by atoms with Crippen molar-refractivity contribution in [1.82, 2.24) is 9.80 Å². The van der Waals surface area contributed by atoms with Gasteiger partial charge < -0.3 is 14.5 Å². The van der Waals surface area contributed by atoms with Crippen LogP contribution in [0.25, 0.3) is 0 Å². The molecule has 0 aromatic heterocycles. The van der Waals surface area contributed by atoms with Crippen LogP contribution < -0.4 is 4.74 Å². The average molecular weight is 342 g/mol. The number of ether oxygens (including phenoxy) is 1. The first kappa shape index (κ1) is 17.4. The minimum atomic E-state index is -0.356. The van der Waals surface area contributed by atoms with Gasteiger partial charge in [-0.1, -0.05) is 30.3 Å². The molecule has 0 aliphatic carbocycles. The number of halogens is 1. The number of nitrogens with zero attached hydrogens (tertiary/aromatic N) is 2. The van der Waals surface area contributed by atoms with Crippen LogP contribution in [0, 0.1) is 5.82 Å². The maximum absolute atomic E-state index is 13.2. The summed E-state index contributed by atoms with van der Waals surface area (Å²) in [5.74, 6) is 0.256. The molecule has 0 spiro atoms. The van der Waals surface area contributed by atoms with E-state index in [1.54, 1.807) is 29.2 Å². The van der Waals surface area contributed by atoms with Gasteiger partial charge in [-0.15, -0.1) is 0 Å². The molecular formula is C20H23FN2O2. The van der Waals surface area contributed by atoms with Crippen LogP contribution in [-0.4, -0.2) is 42.1 Å². The highest BCUT2D eigenvalue weighted by Gasteiger charge is 2.28. The molecule has 1 fully saturated rings. The van der Waals surface area contributed by atoms with Crippen molar-refractivity contribution in [3.63, 3.8) is 0 Å². The Morgan fingerprint density at radius 3 is 2.40 bits per heavy atom. The zero-order valence-electron chi connectivity index (χ0n) is 14.4. The van der Waals surface area contributed by atoms with Gasteiger partial charge in [-0.05, 0) is 62.8 Å². The quantitative estimate of drug-likeness (QED) is 0.844. The molecule has 1 amide bonds. The Morgan fingerprint density at radius 1 is 1.12 bits per heavy atom. The zero-order chi connectivity index (χ0) is 17.6. The molecule has 1 aliphatic rings. The van der Waals surface area contributed by atoms with Gasteiger partial charge in [0.05, 0.1) is 0 Å². The maximum atomic E-state index is 13.2. The van der Waals surface area contributed by atoms with E-state index in [2.05, 4.69) is 11.9 Å².